The molecule has 0 saturated heterocycles. The number of nitrogens with zero attached hydrogens (tertiary/aromatic N) is 1. The second kappa shape index (κ2) is 6.67. The molecule has 0 radical (unpaired) electrons. The summed E-state index contributed by atoms with van der Waals surface area (Å²) in [4.78, 5) is 15.6. The molecule has 1 aromatic heterocycles. The lowest BCUT2D eigenvalue weighted by atomic mass is 10.3. The highest BCUT2D eigenvalue weighted by molar-refractivity contribution is 6.36. The van der Waals surface area contributed by atoms with Crippen LogP contribution < -0.4 is 10.6 Å². The van der Waals surface area contributed by atoms with Gasteiger partial charge in [-0.05, 0) is 19.4 Å². The van der Waals surface area contributed by atoms with Gasteiger partial charge in [-0.1, -0.05) is 30.1 Å². The van der Waals surface area contributed by atoms with E-state index in [1.807, 2.05) is 6.92 Å². The van der Waals surface area contributed by atoms with Crippen molar-refractivity contribution in [3.8, 4) is 0 Å². The first-order chi connectivity index (χ1) is 8.04. The molecule has 1 heterocycles. The lowest BCUT2D eigenvalue weighted by molar-refractivity contribution is -0.121. The number of aromatic nitrogens is 1. The molecular weight excluding hydrogens is 261 g/mol. The van der Waals surface area contributed by atoms with Crippen LogP contribution in [0.3, 0.4) is 0 Å². The molecule has 0 aliphatic rings. The first-order valence-electron chi connectivity index (χ1n) is 5.40. The molecule has 0 aliphatic heterocycles. The topological polar surface area (TPSA) is 54.0 Å². The van der Waals surface area contributed by atoms with E-state index in [0.717, 1.165) is 6.42 Å². The zero-order chi connectivity index (χ0) is 12.8. The quantitative estimate of drug-likeness (QED) is 0.869. The number of carbonyl (C=O) groups excluding carboxylic acids is 1. The highest BCUT2D eigenvalue weighted by atomic mass is 35.5. The van der Waals surface area contributed by atoms with Crippen molar-refractivity contribution in [3.63, 3.8) is 0 Å². The maximum absolute atomic E-state index is 11.6. The van der Waals surface area contributed by atoms with Crippen molar-refractivity contribution < 1.29 is 4.79 Å². The standard InChI is InChI=1S/C11H15Cl2N3O/c1-3-4-14-11(17)7(2)16-10-9(13)5-8(12)6-15-10/h5-7H,3-4H2,1-2H3,(H,14,17)(H,15,16). The summed E-state index contributed by atoms with van der Waals surface area (Å²) in [5.41, 5.74) is 0. The van der Waals surface area contributed by atoms with Gasteiger partial charge in [0.05, 0.1) is 10.0 Å². The fraction of sp³-hybridized carbons (Fsp3) is 0.455. The largest absolute Gasteiger partial charge is 0.357 e. The first-order valence-corrected chi connectivity index (χ1v) is 6.15. The van der Waals surface area contributed by atoms with Crippen LogP contribution >= 0.6 is 23.2 Å². The molecule has 0 fully saturated rings. The van der Waals surface area contributed by atoms with E-state index in [-0.39, 0.29) is 5.91 Å². The Labute approximate surface area is 111 Å². The van der Waals surface area contributed by atoms with Crippen LogP contribution in [-0.2, 0) is 4.79 Å². The summed E-state index contributed by atoms with van der Waals surface area (Å²) < 4.78 is 0. The lowest BCUT2D eigenvalue weighted by Gasteiger charge is -2.15. The van der Waals surface area contributed by atoms with Crippen LogP contribution in [0.4, 0.5) is 5.82 Å². The van der Waals surface area contributed by atoms with E-state index in [9.17, 15) is 4.79 Å². The van der Waals surface area contributed by atoms with Crippen molar-refractivity contribution in [3.05, 3.63) is 22.3 Å². The minimum absolute atomic E-state index is 0.0836. The van der Waals surface area contributed by atoms with Gasteiger partial charge < -0.3 is 10.6 Å². The molecule has 1 aromatic rings. The van der Waals surface area contributed by atoms with E-state index in [1.54, 1.807) is 13.0 Å². The fourth-order valence-electron chi connectivity index (χ4n) is 1.19. The number of halogens is 2. The first kappa shape index (κ1) is 14.1. The van der Waals surface area contributed by atoms with Crippen LogP contribution in [0.2, 0.25) is 10.0 Å². The Morgan fingerprint density at radius 3 is 2.82 bits per heavy atom. The summed E-state index contributed by atoms with van der Waals surface area (Å²) in [6.07, 6.45) is 2.38. The average Bonchev–Trinajstić information content (AvgIpc) is 2.29. The Balaban J connectivity index is 2.61. The monoisotopic (exact) mass is 275 g/mol. The van der Waals surface area contributed by atoms with Gasteiger partial charge in [-0.2, -0.15) is 0 Å². The summed E-state index contributed by atoms with van der Waals surface area (Å²) in [7, 11) is 0. The number of anilines is 1. The SMILES string of the molecule is CCCNC(=O)C(C)Nc1ncc(Cl)cc1Cl. The molecule has 1 rings (SSSR count). The highest BCUT2D eigenvalue weighted by Gasteiger charge is 2.13. The Hall–Kier alpha value is -1.000. The van der Waals surface area contributed by atoms with Gasteiger partial charge in [-0.15, -0.1) is 0 Å². The number of hydrogen-bond donors (Lipinski definition) is 2. The van der Waals surface area contributed by atoms with Gasteiger partial charge in [0.25, 0.3) is 0 Å². The van der Waals surface area contributed by atoms with E-state index in [2.05, 4.69) is 15.6 Å². The Morgan fingerprint density at radius 1 is 1.53 bits per heavy atom. The normalized spacial score (nSPS) is 12.0. The molecule has 1 unspecified atom stereocenters. The molecule has 94 valence electrons. The molecule has 0 aliphatic carbocycles. The van der Waals surface area contributed by atoms with Crippen LogP contribution in [0.15, 0.2) is 12.3 Å². The third-order valence-electron chi connectivity index (χ3n) is 2.10. The molecule has 0 aromatic carbocycles. The molecule has 0 spiro atoms. The van der Waals surface area contributed by atoms with Gasteiger partial charge in [0.1, 0.15) is 11.9 Å². The van der Waals surface area contributed by atoms with Crippen LogP contribution in [0, 0.1) is 0 Å². The summed E-state index contributed by atoms with van der Waals surface area (Å²) in [5.74, 6) is 0.370. The van der Waals surface area contributed by atoms with E-state index in [1.165, 1.54) is 6.20 Å². The predicted octanol–water partition coefficient (Wildman–Crippen LogP) is 2.71. The predicted molar refractivity (Wildman–Crippen MR) is 70.6 cm³/mol. The van der Waals surface area contributed by atoms with E-state index in [0.29, 0.717) is 22.4 Å². The maximum atomic E-state index is 11.6. The number of hydrogen-bond acceptors (Lipinski definition) is 3. The summed E-state index contributed by atoms with van der Waals surface area (Å²) >= 11 is 11.7. The average molecular weight is 276 g/mol. The Bertz CT molecular complexity index is 398. The molecule has 1 atom stereocenters. The van der Waals surface area contributed by atoms with Gasteiger partial charge >= 0.3 is 0 Å². The Morgan fingerprint density at radius 2 is 2.24 bits per heavy atom. The molecule has 6 heteroatoms. The zero-order valence-corrected chi connectivity index (χ0v) is 11.3. The minimum Gasteiger partial charge on any atom is -0.357 e. The van der Waals surface area contributed by atoms with Crippen molar-refractivity contribution >= 4 is 34.9 Å². The molecule has 17 heavy (non-hydrogen) atoms. The van der Waals surface area contributed by atoms with Crippen molar-refractivity contribution in [1.82, 2.24) is 10.3 Å². The van der Waals surface area contributed by atoms with Gasteiger partial charge in [0, 0.05) is 12.7 Å². The van der Waals surface area contributed by atoms with Crippen molar-refractivity contribution in [2.45, 2.75) is 26.3 Å². The molecule has 0 bridgehead atoms. The highest BCUT2D eigenvalue weighted by Crippen LogP contribution is 2.22. The number of pyridine rings is 1. The van der Waals surface area contributed by atoms with E-state index < -0.39 is 6.04 Å². The number of rotatable bonds is 5. The third-order valence-corrected chi connectivity index (χ3v) is 2.60. The van der Waals surface area contributed by atoms with Crippen LogP contribution in [0.5, 0.6) is 0 Å². The second-order valence-corrected chi connectivity index (χ2v) is 4.48. The van der Waals surface area contributed by atoms with Gasteiger partial charge in [0.15, 0.2) is 0 Å². The van der Waals surface area contributed by atoms with Gasteiger partial charge in [-0.3, -0.25) is 4.79 Å². The summed E-state index contributed by atoms with van der Waals surface area (Å²) in [6, 6.07) is 1.18. The lowest BCUT2D eigenvalue weighted by Crippen LogP contribution is -2.38. The van der Waals surface area contributed by atoms with Crippen LogP contribution in [-0.4, -0.2) is 23.5 Å². The maximum Gasteiger partial charge on any atom is 0.242 e. The number of nitrogens with one attached hydrogen (secondary N) is 2. The molecule has 1 amide bonds. The molecule has 4 nitrogen and oxygen atoms in total. The molecule has 0 saturated carbocycles. The fourth-order valence-corrected chi connectivity index (χ4v) is 1.63. The summed E-state index contributed by atoms with van der Waals surface area (Å²) in [6.45, 7) is 4.40. The number of amides is 1. The Kier molecular flexibility index (Phi) is 5.51. The zero-order valence-electron chi connectivity index (χ0n) is 9.76. The van der Waals surface area contributed by atoms with Crippen molar-refractivity contribution in [1.29, 1.82) is 0 Å². The smallest absolute Gasteiger partial charge is 0.242 e. The summed E-state index contributed by atoms with van der Waals surface area (Å²) in [5, 5.41) is 6.57. The van der Waals surface area contributed by atoms with Crippen molar-refractivity contribution in [2.24, 2.45) is 0 Å². The number of carbonyl (C=O) groups is 1. The second-order valence-electron chi connectivity index (χ2n) is 3.64. The van der Waals surface area contributed by atoms with E-state index >= 15 is 0 Å². The molecular formula is C11H15Cl2N3O. The van der Waals surface area contributed by atoms with E-state index in [4.69, 9.17) is 23.2 Å². The van der Waals surface area contributed by atoms with Crippen LogP contribution in [0.25, 0.3) is 0 Å². The van der Waals surface area contributed by atoms with Crippen molar-refractivity contribution in [2.75, 3.05) is 11.9 Å². The van der Waals surface area contributed by atoms with Gasteiger partial charge in [-0.25, -0.2) is 4.98 Å². The van der Waals surface area contributed by atoms with Crippen LogP contribution in [0.1, 0.15) is 20.3 Å². The minimum atomic E-state index is -0.396. The third kappa shape index (κ3) is 4.40. The van der Waals surface area contributed by atoms with Gasteiger partial charge in [0.2, 0.25) is 5.91 Å². The molecule has 2 N–H and O–H groups in total.